The molecule has 20 heavy (non-hydrogen) atoms. The van der Waals surface area contributed by atoms with Crippen molar-refractivity contribution < 1.29 is 9.90 Å². The number of carboxylic acid groups (broad SMARTS) is 1. The summed E-state index contributed by atoms with van der Waals surface area (Å²) in [6.45, 7) is 0. The third kappa shape index (κ3) is 1.91. The van der Waals surface area contributed by atoms with Crippen LogP contribution in [0, 0.1) is 0 Å². The number of imidazole rings is 1. The molecule has 2 aromatic rings. The summed E-state index contributed by atoms with van der Waals surface area (Å²) >= 11 is 0. The molecule has 7 nitrogen and oxygen atoms in total. The molecule has 0 aromatic carbocycles. The minimum atomic E-state index is -1.14. The van der Waals surface area contributed by atoms with Crippen LogP contribution in [-0.2, 0) is 0 Å². The Morgan fingerprint density at radius 1 is 1.40 bits per heavy atom. The maximum atomic E-state index is 11.4. The molecule has 0 saturated carbocycles. The molecule has 0 fully saturated rings. The zero-order valence-corrected chi connectivity index (χ0v) is 10.3. The highest BCUT2D eigenvalue weighted by molar-refractivity contribution is 5.85. The van der Waals surface area contributed by atoms with Crippen LogP contribution < -0.4 is 5.73 Å². The highest BCUT2D eigenvalue weighted by Crippen LogP contribution is 2.23. The molecule has 2 aromatic heterocycles. The topological polar surface area (TPSA) is 108 Å². The summed E-state index contributed by atoms with van der Waals surface area (Å²) in [5.74, 6) is 0.356. The molecule has 0 saturated heterocycles. The van der Waals surface area contributed by atoms with Crippen LogP contribution in [0.4, 0.5) is 4.79 Å². The smallest absolute Gasteiger partial charge is 0.416 e. The first-order valence-corrected chi connectivity index (χ1v) is 5.84. The number of carbonyl (C=O) groups is 1. The van der Waals surface area contributed by atoms with Crippen LogP contribution in [-0.4, -0.2) is 31.1 Å². The van der Waals surface area contributed by atoms with Crippen molar-refractivity contribution in [1.29, 1.82) is 0 Å². The molecule has 0 spiro atoms. The Balaban J connectivity index is 2.20. The van der Waals surface area contributed by atoms with Crippen molar-refractivity contribution in [3.8, 4) is 0 Å². The Bertz CT molecular complexity index is 739. The predicted molar refractivity (Wildman–Crippen MR) is 73.1 cm³/mol. The zero-order valence-electron chi connectivity index (χ0n) is 10.3. The summed E-state index contributed by atoms with van der Waals surface area (Å²) in [5.41, 5.74) is 7.73. The monoisotopic (exact) mass is 269 g/mol. The average molecular weight is 269 g/mol. The SMILES string of the molecule is NC1=C(c2nc3ncccc3[nH]2)N(C(=O)O)C=CC=C1. The molecule has 100 valence electrons. The van der Waals surface area contributed by atoms with Gasteiger partial charge in [-0.2, -0.15) is 0 Å². The van der Waals surface area contributed by atoms with Crippen molar-refractivity contribution in [1.82, 2.24) is 19.9 Å². The minimum absolute atomic E-state index is 0.278. The summed E-state index contributed by atoms with van der Waals surface area (Å²) in [6.07, 6.45) is 6.77. The van der Waals surface area contributed by atoms with Crippen LogP contribution in [0.3, 0.4) is 0 Å². The Morgan fingerprint density at radius 3 is 3.00 bits per heavy atom. The van der Waals surface area contributed by atoms with Crippen molar-refractivity contribution in [2.75, 3.05) is 0 Å². The van der Waals surface area contributed by atoms with E-state index < -0.39 is 6.09 Å². The number of nitrogens with zero attached hydrogens (tertiary/aromatic N) is 3. The Hall–Kier alpha value is -3.09. The van der Waals surface area contributed by atoms with Crippen LogP contribution in [0.1, 0.15) is 5.82 Å². The zero-order chi connectivity index (χ0) is 14.1. The van der Waals surface area contributed by atoms with Gasteiger partial charge in [-0.15, -0.1) is 0 Å². The van der Waals surface area contributed by atoms with Gasteiger partial charge in [0, 0.05) is 12.4 Å². The molecule has 3 rings (SSSR count). The average Bonchev–Trinajstić information content (AvgIpc) is 2.74. The maximum absolute atomic E-state index is 11.4. The molecule has 7 heteroatoms. The van der Waals surface area contributed by atoms with Gasteiger partial charge in [-0.25, -0.2) is 19.7 Å². The van der Waals surface area contributed by atoms with E-state index in [0.717, 1.165) is 4.90 Å². The molecule has 0 atom stereocenters. The molecule has 0 bridgehead atoms. The number of H-pyrrole nitrogens is 1. The van der Waals surface area contributed by atoms with Crippen LogP contribution in [0.2, 0.25) is 0 Å². The summed E-state index contributed by atoms with van der Waals surface area (Å²) in [5, 5.41) is 9.29. The largest absolute Gasteiger partial charge is 0.464 e. The molecule has 1 aliphatic heterocycles. The van der Waals surface area contributed by atoms with Crippen LogP contribution >= 0.6 is 0 Å². The van der Waals surface area contributed by atoms with E-state index in [-0.39, 0.29) is 5.70 Å². The standard InChI is InChI=1S/C13H11N5O2/c14-8-4-1-2-7-18(13(19)20)10(8)12-16-9-5-3-6-15-11(9)17-12/h1-7H,14H2,(H,19,20)(H,15,16,17). The fraction of sp³-hybridized carbons (Fsp3) is 0. The Kier molecular flexibility index (Phi) is 2.72. The summed E-state index contributed by atoms with van der Waals surface area (Å²) in [6, 6.07) is 3.58. The predicted octanol–water partition coefficient (Wildman–Crippen LogP) is 1.65. The van der Waals surface area contributed by atoms with E-state index in [1.54, 1.807) is 30.5 Å². The normalized spacial score (nSPS) is 14.9. The van der Waals surface area contributed by atoms with E-state index in [1.807, 2.05) is 6.07 Å². The van der Waals surface area contributed by atoms with E-state index in [0.29, 0.717) is 22.7 Å². The van der Waals surface area contributed by atoms with Gasteiger partial charge in [-0.3, -0.25) is 0 Å². The lowest BCUT2D eigenvalue weighted by molar-refractivity contribution is 0.177. The maximum Gasteiger partial charge on any atom is 0.416 e. The third-order valence-corrected chi connectivity index (χ3v) is 2.82. The third-order valence-electron chi connectivity index (χ3n) is 2.82. The van der Waals surface area contributed by atoms with Gasteiger partial charge in [0.2, 0.25) is 0 Å². The number of hydrogen-bond donors (Lipinski definition) is 3. The van der Waals surface area contributed by atoms with E-state index >= 15 is 0 Å². The van der Waals surface area contributed by atoms with Crippen molar-refractivity contribution in [2.45, 2.75) is 0 Å². The lowest BCUT2D eigenvalue weighted by Gasteiger charge is -2.17. The van der Waals surface area contributed by atoms with Gasteiger partial charge < -0.3 is 15.8 Å². The number of fused-ring (bicyclic) bond motifs is 1. The van der Waals surface area contributed by atoms with Crippen molar-refractivity contribution in [2.24, 2.45) is 5.73 Å². The summed E-state index contributed by atoms with van der Waals surface area (Å²) < 4.78 is 0. The van der Waals surface area contributed by atoms with Gasteiger partial charge in [0.05, 0.1) is 11.2 Å². The number of allylic oxidation sites excluding steroid dienone is 3. The first-order chi connectivity index (χ1) is 9.66. The van der Waals surface area contributed by atoms with Gasteiger partial charge >= 0.3 is 6.09 Å². The molecule has 0 unspecified atom stereocenters. The molecule has 1 amide bonds. The number of nitrogens with two attached hydrogens (primary N) is 1. The summed E-state index contributed by atoms with van der Waals surface area (Å²) in [4.78, 5) is 23.8. The number of aromatic amines is 1. The van der Waals surface area contributed by atoms with Crippen molar-refractivity contribution in [3.05, 3.63) is 54.3 Å². The fourth-order valence-corrected chi connectivity index (χ4v) is 1.95. The van der Waals surface area contributed by atoms with Gasteiger partial charge in [-0.1, -0.05) is 6.08 Å². The van der Waals surface area contributed by atoms with Gasteiger partial charge in [0.25, 0.3) is 0 Å². The lowest BCUT2D eigenvalue weighted by atomic mass is 10.3. The van der Waals surface area contributed by atoms with Gasteiger partial charge in [-0.05, 0) is 24.3 Å². The minimum Gasteiger partial charge on any atom is -0.464 e. The second kappa shape index (κ2) is 4.54. The number of nitrogens with one attached hydrogen (secondary N) is 1. The first kappa shape index (κ1) is 12.0. The number of amides is 1. The van der Waals surface area contributed by atoms with E-state index in [1.165, 1.54) is 6.20 Å². The van der Waals surface area contributed by atoms with Gasteiger partial charge in [0.15, 0.2) is 11.5 Å². The molecule has 0 aliphatic carbocycles. The van der Waals surface area contributed by atoms with Crippen molar-refractivity contribution in [3.63, 3.8) is 0 Å². The molecule has 0 radical (unpaired) electrons. The number of rotatable bonds is 1. The lowest BCUT2D eigenvalue weighted by Crippen LogP contribution is -2.24. The fourth-order valence-electron chi connectivity index (χ4n) is 1.95. The van der Waals surface area contributed by atoms with Gasteiger partial charge in [0.1, 0.15) is 5.70 Å². The quantitative estimate of drug-likeness (QED) is 0.729. The Morgan fingerprint density at radius 2 is 2.25 bits per heavy atom. The molecular weight excluding hydrogens is 258 g/mol. The molecule has 1 aliphatic rings. The van der Waals surface area contributed by atoms with Crippen LogP contribution in [0.25, 0.3) is 16.9 Å². The van der Waals surface area contributed by atoms with Crippen LogP contribution in [0.5, 0.6) is 0 Å². The van der Waals surface area contributed by atoms with E-state index in [9.17, 15) is 9.90 Å². The number of aromatic nitrogens is 3. The summed E-state index contributed by atoms with van der Waals surface area (Å²) in [7, 11) is 0. The molecular formula is C13H11N5O2. The Labute approximate surface area is 113 Å². The van der Waals surface area contributed by atoms with E-state index in [2.05, 4.69) is 15.0 Å². The second-order valence-electron chi connectivity index (χ2n) is 4.12. The molecule has 3 heterocycles. The number of pyridine rings is 1. The highest BCUT2D eigenvalue weighted by Gasteiger charge is 2.22. The first-order valence-electron chi connectivity index (χ1n) is 5.84. The number of hydrogen-bond acceptors (Lipinski definition) is 4. The second-order valence-corrected chi connectivity index (χ2v) is 4.12. The molecule has 4 N–H and O–H groups in total. The van der Waals surface area contributed by atoms with Crippen molar-refractivity contribution >= 4 is 23.0 Å². The van der Waals surface area contributed by atoms with Crippen LogP contribution in [0.15, 0.2) is 48.5 Å². The van der Waals surface area contributed by atoms with E-state index in [4.69, 9.17) is 5.73 Å². The highest BCUT2D eigenvalue weighted by atomic mass is 16.4.